The summed E-state index contributed by atoms with van der Waals surface area (Å²) in [5.74, 6) is 0. The van der Waals surface area contributed by atoms with E-state index in [1.807, 2.05) is 30.3 Å². The summed E-state index contributed by atoms with van der Waals surface area (Å²) in [5.41, 5.74) is 0. The molecule has 1 heteroatoms. The van der Waals surface area contributed by atoms with Gasteiger partial charge in [-0.05, 0) is 0 Å². The Kier molecular flexibility index (Phi) is 1.51. The van der Waals surface area contributed by atoms with Crippen molar-refractivity contribution in [2.75, 3.05) is 0 Å². The zero-order valence-corrected chi connectivity index (χ0v) is 5.12. The molecule has 32 valence electrons. The molecule has 1 aromatic carbocycles. The molecule has 0 saturated heterocycles. The summed E-state index contributed by atoms with van der Waals surface area (Å²) in [7, 11) is 0. The lowest BCUT2D eigenvalue weighted by atomic mass is 10.4. The van der Waals surface area contributed by atoms with Crippen molar-refractivity contribution in [3.8, 4) is 0 Å². The summed E-state index contributed by atoms with van der Waals surface area (Å²) in [6.07, 6.45) is 0. The maximum Gasteiger partial charge on any atom is 0.175 e. The Hall–Kier alpha value is -0.248. The molecule has 0 spiro atoms. The highest BCUT2D eigenvalue weighted by Gasteiger charge is 1.71. The molecule has 0 aliphatic carbocycles. The highest BCUT2D eigenvalue weighted by atomic mass is 27.0. The van der Waals surface area contributed by atoms with E-state index in [0.29, 0.717) is 0 Å². The monoisotopic (exact) mass is 104 g/mol. The third-order valence-electron chi connectivity index (χ3n) is 0.800. The fourth-order valence-corrected chi connectivity index (χ4v) is 0.675. The fraction of sp³-hybridized carbons (Fsp3) is 0. The summed E-state index contributed by atoms with van der Waals surface area (Å²) in [5, 5.41) is 0. The SMILES string of the molecule is [Al][c]1ccccc1. The second-order valence-electron chi connectivity index (χ2n) is 1.41. The topological polar surface area (TPSA) is 0 Å². The minimum absolute atomic E-state index is 1.24. The lowest BCUT2D eigenvalue weighted by Gasteiger charge is -1.84. The molecule has 0 nitrogen and oxygen atoms in total. The van der Waals surface area contributed by atoms with Gasteiger partial charge in [-0.3, -0.25) is 0 Å². The standard InChI is InChI=1S/C6H5.Al/c1-2-4-6-5-3-1;/h1-5H;. The van der Waals surface area contributed by atoms with Gasteiger partial charge in [-0.15, -0.1) is 4.43 Å². The van der Waals surface area contributed by atoms with Gasteiger partial charge in [-0.25, -0.2) is 0 Å². The third-order valence-corrected chi connectivity index (χ3v) is 1.18. The number of rotatable bonds is 0. The molecule has 0 aliphatic rings. The second-order valence-corrected chi connectivity index (χ2v) is 2.08. The van der Waals surface area contributed by atoms with Crippen LogP contribution in [0.25, 0.3) is 0 Å². The van der Waals surface area contributed by atoms with Crippen LogP contribution in [0, 0.1) is 0 Å². The van der Waals surface area contributed by atoms with Crippen molar-refractivity contribution in [2.45, 2.75) is 0 Å². The van der Waals surface area contributed by atoms with Crippen molar-refractivity contribution in [2.24, 2.45) is 0 Å². The molecule has 0 aromatic heterocycles. The van der Waals surface area contributed by atoms with Crippen LogP contribution in [0.3, 0.4) is 0 Å². The first-order chi connectivity index (χ1) is 3.39. The predicted octanol–water partition coefficient (Wildman–Crippen LogP) is 0.480. The zero-order chi connectivity index (χ0) is 5.11. The van der Waals surface area contributed by atoms with Crippen LogP contribution in [0.15, 0.2) is 30.3 Å². The molecule has 0 atom stereocenters. The zero-order valence-electron chi connectivity index (χ0n) is 3.96. The lowest BCUT2D eigenvalue weighted by Crippen LogP contribution is -1.97. The summed E-state index contributed by atoms with van der Waals surface area (Å²) < 4.78 is 1.24. The van der Waals surface area contributed by atoms with Crippen LogP contribution >= 0.6 is 0 Å². The lowest BCUT2D eigenvalue weighted by molar-refractivity contribution is 1.78. The van der Waals surface area contributed by atoms with E-state index in [1.54, 1.807) is 0 Å². The van der Waals surface area contributed by atoms with E-state index in [4.69, 9.17) is 0 Å². The Bertz CT molecular complexity index is 134. The molecule has 1 aromatic rings. The fourth-order valence-electron chi connectivity index (χ4n) is 0.453. The Morgan fingerprint density at radius 1 is 1.00 bits per heavy atom. The first kappa shape index (κ1) is 4.90. The highest BCUT2D eigenvalue weighted by Crippen LogP contribution is 1.76. The summed E-state index contributed by atoms with van der Waals surface area (Å²) in [6, 6.07) is 10.1. The van der Waals surface area contributed by atoms with Gasteiger partial charge in [-0.2, -0.15) is 0 Å². The third kappa shape index (κ3) is 1.35. The van der Waals surface area contributed by atoms with Gasteiger partial charge in [0.1, 0.15) is 0 Å². The van der Waals surface area contributed by atoms with Crippen LogP contribution in [0.5, 0.6) is 0 Å². The van der Waals surface area contributed by atoms with Crippen LogP contribution in [0.1, 0.15) is 0 Å². The van der Waals surface area contributed by atoms with Gasteiger partial charge in [0.2, 0.25) is 0 Å². The van der Waals surface area contributed by atoms with E-state index in [1.165, 1.54) is 4.43 Å². The smallest absolute Gasteiger partial charge is 0.139 e. The first-order valence-electron chi connectivity index (χ1n) is 2.20. The largest absolute Gasteiger partial charge is 0.175 e. The van der Waals surface area contributed by atoms with Crippen molar-refractivity contribution in [1.82, 2.24) is 0 Å². The molecule has 0 unspecified atom stereocenters. The van der Waals surface area contributed by atoms with E-state index >= 15 is 0 Å². The van der Waals surface area contributed by atoms with E-state index in [9.17, 15) is 0 Å². The minimum Gasteiger partial charge on any atom is -0.139 e. The van der Waals surface area contributed by atoms with Gasteiger partial charge in [0.05, 0.1) is 0 Å². The van der Waals surface area contributed by atoms with Crippen LogP contribution in [0.2, 0.25) is 0 Å². The van der Waals surface area contributed by atoms with Crippen molar-refractivity contribution >= 4 is 20.7 Å². The summed E-state index contributed by atoms with van der Waals surface area (Å²) in [6.45, 7) is 0. The average molecular weight is 104 g/mol. The number of hydrogen-bond acceptors (Lipinski definition) is 0. The van der Waals surface area contributed by atoms with Crippen molar-refractivity contribution in [3.63, 3.8) is 0 Å². The van der Waals surface area contributed by atoms with Crippen LogP contribution in [-0.4, -0.2) is 16.3 Å². The van der Waals surface area contributed by atoms with Crippen molar-refractivity contribution in [1.29, 1.82) is 0 Å². The molecule has 0 bridgehead atoms. The van der Waals surface area contributed by atoms with Crippen molar-refractivity contribution in [3.05, 3.63) is 30.3 Å². The van der Waals surface area contributed by atoms with Crippen LogP contribution in [-0.2, 0) is 0 Å². The van der Waals surface area contributed by atoms with E-state index in [2.05, 4.69) is 16.3 Å². The van der Waals surface area contributed by atoms with Crippen LogP contribution in [0.4, 0.5) is 0 Å². The minimum atomic E-state index is 1.24. The van der Waals surface area contributed by atoms with E-state index < -0.39 is 0 Å². The molecular weight excluding hydrogens is 99.0 g/mol. The second kappa shape index (κ2) is 2.16. The Balaban J connectivity index is 3.02. The molecular formula is C6H5Al. The number of hydrogen-bond donors (Lipinski definition) is 0. The molecule has 0 amide bonds. The number of benzene rings is 1. The summed E-state index contributed by atoms with van der Waals surface area (Å²) >= 11 is 2.63. The molecule has 2 radical (unpaired) electrons. The molecule has 1 rings (SSSR count). The Morgan fingerprint density at radius 3 is 1.86 bits per heavy atom. The van der Waals surface area contributed by atoms with Gasteiger partial charge < -0.3 is 0 Å². The van der Waals surface area contributed by atoms with Gasteiger partial charge in [0.15, 0.2) is 16.3 Å². The van der Waals surface area contributed by atoms with Gasteiger partial charge in [-0.1, -0.05) is 30.3 Å². The molecule has 0 aliphatic heterocycles. The van der Waals surface area contributed by atoms with Crippen molar-refractivity contribution < 1.29 is 0 Å². The summed E-state index contributed by atoms with van der Waals surface area (Å²) in [4.78, 5) is 0. The maximum atomic E-state index is 2.63. The first-order valence-corrected chi connectivity index (χ1v) is 2.78. The maximum absolute atomic E-state index is 2.63. The van der Waals surface area contributed by atoms with E-state index in [0.717, 1.165) is 0 Å². The van der Waals surface area contributed by atoms with Gasteiger partial charge in [0, 0.05) is 0 Å². The quantitative estimate of drug-likeness (QED) is 0.420. The van der Waals surface area contributed by atoms with Gasteiger partial charge >= 0.3 is 0 Å². The normalized spacial score (nSPS) is 8.57. The molecule has 0 saturated carbocycles. The van der Waals surface area contributed by atoms with Gasteiger partial charge in [0.25, 0.3) is 0 Å². The Labute approximate surface area is 51.6 Å². The predicted molar refractivity (Wildman–Crippen MR) is 31.8 cm³/mol. The molecule has 0 fully saturated rings. The highest BCUT2D eigenvalue weighted by molar-refractivity contribution is 6.32. The van der Waals surface area contributed by atoms with Crippen LogP contribution < -0.4 is 4.43 Å². The molecule has 7 heavy (non-hydrogen) atoms. The van der Waals surface area contributed by atoms with E-state index in [-0.39, 0.29) is 0 Å². The Morgan fingerprint density at radius 2 is 1.57 bits per heavy atom. The molecule has 0 heterocycles. The average Bonchev–Trinajstić information content (AvgIpc) is 1.69. The molecule has 0 N–H and O–H groups in total.